The average Bonchev–Trinajstić information content (AvgIpc) is 2.15. The summed E-state index contributed by atoms with van der Waals surface area (Å²) in [5.74, 6) is -5.59. The predicted molar refractivity (Wildman–Crippen MR) is 45.3 cm³/mol. The largest absolute Gasteiger partial charge is 0.390 e. The molecule has 0 spiro atoms. The van der Waals surface area contributed by atoms with Crippen molar-refractivity contribution in [2.75, 3.05) is 6.61 Å². The van der Waals surface area contributed by atoms with E-state index >= 15 is 0 Å². The van der Waals surface area contributed by atoms with Crippen molar-refractivity contribution in [3.05, 3.63) is 35.4 Å². The standard InChI is InChI=1S/C9H9F4NO/c10-6-1-5(2-7(11)3-6)8(14)9(12,13)4-15/h1-3,8,15H,4,14H2/t8-/m1/s1. The summed E-state index contributed by atoms with van der Waals surface area (Å²) in [6.45, 7) is -1.48. The maximum absolute atomic E-state index is 12.9. The minimum absolute atomic E-state index is 0.397. The summed E-state index contributed by atoms with van der Waals surface area (Å²) in [5.41, 5.74) is 4.68. The Morgan fingerprint density at radius 2 is 1.67 bits per heavy atom. The molecule has 0 aromatic heterocycles. The number of alkyl halides is 2. The highest BCUT2D eigenvalue weighted by atomic mass is 19.3. The van der Waals surface area contributed by atoms with Crippen LogP contribution < -0.4 is 5.73 Å². The van der Waals surface area contributed by atoms with E-state index in [-0.39, 0.29) is 0 Å². The van der Waals surface area contributed by atoms with Crippen LogP contribution in [-0.2, 0) is 0 Å². The van der Waals surface area contributed by atoms with Crippen molar-refractivity contribution in [1.82, 2.24) is 0 Å². The van der Waals surface area contributed by atoms with E-state index in [4.69, 9.17) is 10.8 Å². The molecule has 0 bridgehead atoms. The quantitative estimate of drug-likeness (QED) is 0.764. The molecule has 0 aliphatic heterocycles. The van der Waals surface area contributed by atoms with Crippen molar-refractivity contribution in [3.63, 3.8) is 0 Å². The molecule has 0 fully saturated rings. The zero-order valence-corrected chi connectivity index (χ0v) is 7.55. The van der Waals surface area contributed by atoms with Crippen molar-refractivity contribution < 1.29 is 22.7 Å². The third kappa shape index (κ3) is 2.66. The molecule has 1 aromatic rings. The van der Waals surface area contributed by atoms with Crippen LogP contribution in [0.3, 0.4) is 0 Å². The summed E-state index contributed by atoms with van der Waals surface area (Å²) in [5, 5.41) is 8.35. The van der Waals surface area contributed by atoms with Crippen molar-refractivity contribution in [2.24, 2.45) is 5.73 Å². The molecule has 0 saturated heterocycles. The normalized spacial score (nSPS) is 14.0. The van der Waals surface area contributed by atoms with Crippen LogP contribution in [0.15, 0.2) is 18.2 Å². The lowest BCUT2D eigenvalue weighted by Gasteiger charge is -2.21. The van der Waals surface area contributed by atoms with E-state index in [9.17, 15) is 17.6 Å². The van der Waals surface area contributed by atoms with Gasteiger partial charge in [-0.15, -0.1) is 0 Å². The van der Waals surface area contributed by atoms with Crippen LogP contribution in [0.1, 0.15) is 11.6 Å². The third-order valence-corrected chi connectivity index (χ3v) is 1.91. The molecular weight excluding hydrogens is 214 g/mol. The lowest BCUT2D eigenvalue weighted by atomic mass is 10.0. The first kappa shape index (κ1) is 11.9. The molecule has 0 aliphatic rings. The molecule has 15 heavy (non-hydrogen) atoms. The Morgan fingerprint density at radius 3 is 2.07 bits per heavy atom. The van der Waals surface area contributed by atoms with Crippen molar-refractivity contribution in [1.29, 1.82) is 0 Å². The van der Waals surface area contributed by atoms with E-state index in [1.165, 1.54) is 0 Å². The number of aliphatic hydroxyl groups is 1. The Labute approximate surface area is 83.3 Å². The van der Waals surface area contributed by atoms with Gasteiger partial charge >= 0.3 is 0 Å². The topological polar surface area (TPSA) is 46.2 Å². The van der Waals surface area contributed by atoms with Gasteiger partial charge in [0, 0.05) is 6.07 Å². The van der Waals surface area contributed by atoms with Gasteiger partial charge in [0.15, 0.2) is 0 Å². The number of hydrogen-bond donors (Lipinski definition) is 2. The Bertz CT molecular complexity index is 336. The van der Waals surface area contributed by atoms with Gasteiger partial charge in [0.1, 0.15) is 18.2 Å². The van der Waals surface area contributed by atoms with Crippen molar-refractivity contribution in [3.8, 4) is 0 Å². The lowest BCUT2D eigenvalue weighted by molar-refractivity contribution is -0.0712. The minimum atomic E-state index is -3.61. The van der Waals surface area contributed by atoms with Crippen LogP contribution in [0.2, 0.25) is 0 Å². The zero-order valence-electron chi connectivity index (χ0n) is 7.55. The first-order valence-corrected chi connectivity index (χ1v) is 4.07. The van der Waals surface area contributed by atoms with Crippen LogP contribution in [0.25, 0.3) is 0 Å². The number of halogens is 4. The first-order chi connectivity index (χ1) is 6.86. The highest BCUT2D eigenvalue weighted by Gasteiger charge is 2.37. The molecule has 2 nitrogen and oxygen atoms in total. The second-order valence-electron chi connectivity index (χ2n) is 3.10. The number of rotatable bonds is 3. The van der Waals surface area contributed by atoms with E-state index in [0.29, 0.717) is 18.2 Å². The maximum Gasteiger partial charge on any atom is 0.289 e. The zero-order chi connectivity index (χ0) is 11.6. The average molecular weight is 223 g/mol. The van der Waals surface area contributed by atoms with Gasteiger partial charge in [-0.2, -0.15) is 0 Å². The van der Waals surface area contributed by atoms with E-state index in [0.717, 1.165) is 0 Å². The van der Waals surface area contributed by atoms with Crippen molar-refractivity contribution in [2.45, 2.75) is 12.0 Å². The molecule has 0 unspecified atom stereocenters. The Hall–Kier alpha value is -1.14. The third-order valence-electron chi connectivity index (χ3n) is 1.91. The molecule has 6 heteroatoms. The van der Waals surface area contributed by atoms with Gasteiger partial charge in [0.25, 0.3) is 5.92 Å². The summed E-state index contributed by atoms with van der Waals surface area (Å²) < 4.78 is 51.1. The summed E-state index contributed by atoms with van der Waals surface area (Å²) in [7, 11) is 0. The molecular formula is C9H9F4NO. The summed E-state index contributed by atoms with van der Waals surface area (Å²) in [6.07, 6.45) is 0. The fraction of sp³-hybridized carbons (Fsp3) is 0.333. The Morgan fingerprint density at radius 1 is 1.20 bits per heavy atom. The first-order valence-electron chi connectivity index (χ1n) is 4.07. The fourth-order valence-electron chi connectivity index (χ4n) is 1.10. The number of hydrogen-bond acceptors (Lipinski definition) is 2. The number of aliphatic hydroxyl groups excluding tert-OH is 1. The lowest BCUT2D eigenvalue weighted by Crippen LogP contribution is -2.36. The highest BCUT2D eigenvalue weighted by molar-refractivity contribution is 5.23. The van der Waals surface area contributed by atoms with Crippen LogP contribution in [0.4, 0.5) is 17.6 Å². The van der Waals surface area contributed by atoms with E-state index in [1.54, 1.807) is 0 Å². The number of benzene rings is 1. The number of nitrogens with two attached hydrogens (primary N) is 1. The van der Waals surface area contributed by atoms with Gasteiger partial charge in [-0.1, -0.05) is 0 Å². The molecule has 0 saturated carbocycles. The van der Waals surface area contributed by atoms with Gasteiger partial charge in [-0.25, -0.2) is 17.6 Å². The van der Waals surface area contributed by atoms with Gasteiger partial charge < -0.3 is 10.8 Å². The molecule has 3 N–H and O–H groups in total. The van der Waals surface area contributed by atoms with Gasteiger partial charge in [-0.3, -0.25) is 0 Å². The van der Waals surface area contributed by atoms with Gasteiger partial charge in [-0.05, 0) is 17.7 Å². The maximum atomic E-state index is 12.9. The predicted octanol–water partition coefficient (Wildman–Crippen LogP) is 1.59. The second kappa shape index (κ2) is 4.16. The minimum Gasteiger partial charge on any atom is -0.390 e. The van der Waals surface area contributed by atoms with Crippen LogP contribution in [0.5, 0.6) is 0 Å². The summed E-state index contributed by atoms with van der Waals surface area (Å²) in [6, 6.07) is 0.0229. The fourth-order valence-corrected chi connectivity index (χ4v) is 1.10. The molecule has 0 aliphatic carbocycles. The molecule has 0 radical (unpaired) electrons. The Balaban J connectivity index is 3.06. The molecule has 1 rings (SSSR count). The summed E-state index contributed by atoms with van der Waals surface area (Å²) in [4.78, 5) is 0. The summed E-state index contributed by atoms with van der Waals surface area (Å²) >= 11 is 0. The molecule has 0 amide bonds. The highest BCUT2D eigenvalue weighted by Crippen LogP contribution is 2.29. The van der Waals surface area contributed by atoms with Gasteiger partial charge in [0.2, 0.25) is 0 Å². The van der Waals surface area contributed by atoms with E-state index in [2.05, 4.69) is 0 Å². The van der Waals surface area contributed by atoms with Crippen LogP contribution in [-0.4, -0.2) is 17.6 Å². The smallest absolute Gasteiger partial charge is 0.289 e. The monoisotopic (exact) mass is 223 g/mol. The second-order valence-corrected chi connectivity index (χ2v) is 3.10. The molecule has 1 aromatic carbocycles. The molecule has 1 atom stereocenters. The van der Waals surface area contributed by atoms with Crippen LogP contribution in [0, 0.1) is 11.6 Å². The van der Waals surface area contributed by atoms with Gasteiger partial charge in [0.05, 0.1) is 6.04 Å². The van der Waals surface area contributed by atoms with E-state index < -0.39 is 35.8 Å². The van der Waals surface area contributed by atoms with Crippen molar-refractivity contribution >= 4 is 0 Å². The van der Waals surface area contributed by atoms with Crippen LogP contribution >= 0.6 is 0 Å². The molecule has 84 valence electrons. The Kier molecular flexibility index (Phi) is 3.31. The van der Waals surface area contributed by atoms with E-state index in [1.807, 2.05) is 0 Å². The molecule has 0 heterocycles. The SMILES string of the molecule is N[C@H](c1cc(F)cc(F)c1)C(F)(F)CO.